The van der Waals surface area contributed by atoms with Gasteiger partial charge >= 0.3 is 0 Å². The third kappa shape index (κ3) is 5.39. The van der Waals surface area contributed by atoms with Crippen molar-refractivity contribution >= 4 is 17.3 Å². The molecule has 166 valence electrons. The summed E-state index contributed by atoms with van der Waals surface area (Å²) in [7, 11) is 0. The van der Waals surface area contributed by atoms with Crippen LogP contribution in [0.3, 0.4) is 0 Å². The smallest absolute Gasteiger partial charge is 0.262 e. The summed E-state index contributed by atoms with van der Waals surface area (Å²) in [5, 5.41) is 22.8. The summed E-state index contributed by atoms with van der Waals surface area (Å²) < 4.78 is 5.95. The fraction of sp³-hybridized carbons (Fsp3) is 0.269. The van der Waals surface area contributed by atoms with Crippen molar-refractivity contribution in [1.82, 2.24) is 5.32 Å². The molecule has 6 heteroatoms. The van der Waals surface area contributed by atoms with Gasteiger partial charge in [-0.15, -0.1) is 0 Å². The van der Waals surface area contributed by atoms with Gasteiger partial charge in [-0.1, -0.05) is 12.5 Å². The molecule has 1 unspecified atom stereocenters. The molecular formula is C26H28N2O4. The third-order valence-electron chi connectivity index (χ3n) is 5.65. The van der Waals surface area contributed by atoms with Gasteiger partial charge < -0.3 is 20.3 Å². The van der Waals surface area contributed by atoms with Gasteiger partial charge in [0.15, 0.2) is 0 Å². The standard InChI is InChI=1S/C26H28N2O4/c29-23-11-7-21(8-12-23)28(22-9-13-24(30)14-10-22)26(31)19-4-3-6-25(18-19)32-17-15-20-5-1-2-16-27-20/h3-4,6-14,18,20,27,29-30H,1-2,5,15-17H2. The van der Waals surface area contributed by atoms with Crippen LogP contribution in [0.4, 0.5) is 11.4 Å². The van der Waals surface area contributed by atoms with Gasteiger partial charge in [0.2, 0.25) is 0 Å². The second-order valence-corrected chi connectivity index (χ2v) is 7.99. The molecule has 1 heterocycles. The highest BCUT2D eigenvalue weighted by molar-refractivity contribution is 6.11. The number of phenolic OH excluding ortho intramolecular Hbond substituents is 2. The Hall–Kier alpha value is -3.51. The topological polar surface area (TPSA) is 82.0 Å². The highest BCUT2D eigenvalue weighted by Gasteiger charge is 2.21. The number of carbonyl (C=O) groups excluding carboxylic acids is 1. The van der Waals surface area contributed by atoms with E-state index in [1.807, 2.05) is 12.1 Å². The van der Waals surface area contributed by atoms with Gasteiger partial charge in [-0.25, -0.2) is 0 Å². The molecule has 1 fully saturated rings. The molecule has 0 radical (unpaired) electrons. The first-order valence-corrected chi connectivity index (χ1v) is 11.0. The molecule has 0 aliphatic carbocycles. The molecule has 0 bridgehead atoms. The van der Waals surface area contributed by atoms with Crippen molar-refractivity contribution in [2.45, 2.75) is 31.7 Å². The summed E-state index contributed by atoms with van der Waals surface area (Å²) in [5.41, 5.74) is 1.70. The van der Waals surface area contributed by atoms with E-state index < -0.39 is 0 Å². The van der Waals surface area contributed by atoms with Crippen LogP contribution in [0.5, 0.6) is 17.2 Å². The van der Waals surface area contributed by atoms with Crippen LogP contribution in [0, 0.1) is 0 Å². The van der Waals surface area contributed by atoms with Gasteiger partial charge in [0.1, 0.15) is 17.2 Å². The molecule has 0 aromatic heterocycles. The number of carbonyl (C=O) groups is 1. The average molecular weight is 433 g/mol. The first-order valence-electron chi connectivity index (χ1n) is 11.0. The normalized spacial score (nSPS) is 15.8. The maximum Gasteiger partial charge on any atom is 0.262 e. The fourth-order valence-electron chi connectivity index (χ4n) is 3.92. The van der Waals surface area contributed by atoms with E-state index in [0.29, 0.717) is 35.3 Å². The molecule has 1 aliphatic rings. The SMILES string of the molecule is O=C(c1cccc(OCCC2CCCCN2)c1)N(c1ccc(O)cc1)c1ccc(O)cc1. The summed E-state index contributed by atoms with van der Waals surface area (Å²) in [6.07, 6.45) is 4.60. The average Bonchev–Trinajstić information content (AvgIpc) is 2.82. The molecule has 0 saturated carbocycles. The predicted molar refractivity (Wildman–Crippen MR) is 125 cm³/mol. The highest BCUT2D eigenvalue weighted by Crippen LogP contribution is 2.30. The van der Waals surface area contributed by atoms with Crippen LogP contribution >= 0.6 is 0 Å². The molecule has 1 atom stereocenters. The zero-order valence-electron chi connectivity index (χ0n) is 17.9. The van der Waals surface area contributed by atoms with Gasteiger partial charge in [-0.05, 0) is 92.5 Å². The maximum absolute atomic E-state index is 13.5. The minimum atomic E-state index is -0.235. The number of hydrogen-bond donors (Lipinski definition) is 3. The lowest BCUT2D eigenvalue weighted by molar-refractivity contribution is 0.0998. The third-order valence-corrected chi connectivity index (χ3v) is 5.65. The van der Waals surface area contributed by atoms with Crippen molar-refractivity contribution in [3.63, 3.8) is 0 Å². The maximum atomic E-state index is 13.5. The molecule has 6 nitrogen and oxygen atoms in total. The number of benzene rings is 3. The molecule has 1 aliphatic heterocycles. The van der Waals surface area contributed by atoms with E-state index in [1.54, 1.807) is 41.3 Å². The Balaban J connectivity index is 1.53. The molecule has 3 N–H and O–H groups in total. The van der Waals surface area contributed by atoms with Gasteiger partial charge in [0.25, 0.3) is 5.91 Å². The summed E-state index contributed by atoms with van der Waals surface area (Å²) >= 11 is 0. The predicted octanol–water partition coefficient (Wildman–Crippen LogP) is 4.99. The lowest BCUT2D eigenvalue weighted by Gasteiger charge is -2.24. The molecule has 1 amide bonds. The van der Waals surface area contributed by atoms with E-state index in [-0.39, 0.29) is 17.4 Å². The number of ether oxygens (including phenoxy) is 1. The summed E-state index contributed by atoms with van der Waals surface area (Å²) in [6, 6.07) is 20.5. The van der Waals surface area contributed by atoms with Gasteiger partial charge in [0.05, 0.1) is 6.61 Å². The number of hydrogen-bond acceptors (Lipinski definition) is 5. The van der Waals surface area contributed by atoms with Gasteiger partial charge in [-0.2, -0.15) is 0 Å². The van der Waals surface area contributed by atoms with Gasteiger partial charge in [-0.3, -0.25) is 9.69 Å². The number of nitrogens with zero attached hydrogens (tertiary/aromatic N) is 1. The Bertz CT molecular complexity index is 983. The second kappa shape index (κ2) is 10.2. The Kier molecular flexibility index (Phi) is 6.92. The zero-order valence-corrected chi connectivity index (χ0v) is 17.9. The first-order chi connectivity index (χ1) is 15.6. The van der Waals surface area contributed by atoms with Crippen LogP contribution in [-0.4, -0.2) is 35.3 Å². The number of nitrogens with one attached hydrogen (secondary N) is 1. The Morgan fingerprint density at radius 2 is 1.59 bits per heavy atom. The van der Waals surface area contributed by atoms with E-state index >= 15 is 0 Å². The molecular weight excluding hydrogens is 404 g/mol. The summed E-state index contributed by atoms with van der Waals surface area (Å²) in [5.74, 6) is 0.660. The minimum absolute atomic E-state index is 0.120. The molecule has 0 spiro atoms. The first kappa shape index (κ1) is 21.7. The summed E-state index contributed by atoms with van der Waals surface area (Å²) in [4.78, 5) is 15.1. The van der Waals surface area contributed by atoms with Crippen LogP contribution in [0.15, 0.2) is 72.8 Å². The van der Waals surface area contributed by atoms with E-state index in [4.69, 9.17) is 4.74 Å². The van der Waals surface area contributed by atoms with E-state index in [9.17, 15) is 15.0 Å². The van der Waals surface area contributed by atoms with E-state index in [0.717, 1.165) is 13.0 Å². The monoisotopic (exact) mass is 432 g/mol. The summed E-state index contributed by atoms with van der Waals surface area (Å²) in [6.45, 7) is 1.66. The number of anilines is 2. The van der Waals surface area contributed by atoms with Crippen LogP contribution in [0.1, 0.15) is 36.0 Å². The van der Waals surface area contributed by atoms with Crippen molar-refractivity contribution in [3.05, 3.63) is 78.4 Å². The Morgan fingerprint density at radius 3 is 2.19 bits per heavy atom. The van der Waals surface area contributed by atoms with Crippen LogP contribution in [0.2, 0.25) is 0 Å². The highest BCUT2D eigenvalue weighted by atomic mass is 16.5. The molecule has 3 aromatic rings. The molecule has 4 rings (SSSR count). The number of phenols is 2. The number of aromatic hydroxyl groups is 2. The van der Waals surface area contributed by atoms with E-state index in [2.05, 4.69) is 5.32 Å². The molecule has 3 aromatic carbocycles. The number of piperidine rings is 1. The quantitative estimate of drug-likeness (QED) is 0.490. The Labute approximate surface area is 188 Å². The van der Waals surface area contributed by atoms with Crippen molar-refractivity contribution in [2.75, 3.05) is 18.1 Å². The van der Waals surface area contributed by atoms with Crippen LogP contribution < -0.4 is 15.0 Å². The molecule has 1 saturated heterocycles. The Morgan fingerprint density at radius 1 is 0.938 bits per heavy atom. The van der Waals surface area contributed by atoms with Crippen molar-refractivity contribution in [1.29, 1.82) is 0 Å². The number of rotatable bonds is 7. The lowest BCUT2D eigenvalue weighted by Crippen LogP contribution is -2.35. The number of amides is 1. The fourth-order valence-corrected chi connectivity index (χ4v) is 3.92. The van der Waals surface area contributed by atoms with Crippen molar-refractivity contribution in [2.24, 2.45) is 0 Å². The van der Waals surface area contributed by atoms with E-state index in [1.165, 1.54) is 43.5 Å². The second-order valence-electron chi connectivity index (χ2n) is 7.99. The van der Waals surface area contributed by atoms with Crippen LogP contribution in [-0.2, 0) is 0 Å². The van der Waals surface area contributed by atoms with Crippen molar-refractivity contribution in [3.8, 4) is 17.2 Å². The largest absolute Gasteiger partial charge is 0.508 e. The van der Waals surface area contributed by atoms with Crippen LogP contribution in [0.25, 0.3) is 0 Å². The molecule has 32 heavy (non-hydrogen) atoms. The van der Waals surface area contributed by atoms with Crippen molar-refractivity contribution < 1.29 is 19.7 Å². The minimum Gasteiger partial charge on any atom is -0.508 e. The van der Waals surface area contributed by atoms with Gasteiger partial charge in [0, 0.05) is 23.0 Å². The lowest BCUT2D eigenvalue weighted by atomic mass is 10.0. The zero-order chi connectivity index (χ0) is 22.3.